The number of hydrogen-bond donors (Lipinski definition) is 0. The molecule has 0 atom stereocenters. The van der Waals surface area contributed by atoms with Crippen LogP contribution in [0.15, 0.2) is 30.0 Å². The van der Waals surface area contributed by atoms with Gasteiger partial charge in [-0.25, -0.2) is 0 Å². The van der Waals surface area contributed by atoms with Crippen molar-refractivity contribution in [2.45, 2.75) is 6.92 Å². The SMILES string of the molecule is C=C.CCOc1ccsc1. The van der Waals surface area contributed by atoms with E-state index in [0.717, 1.165) is 12.4 Å². The lowest BCUT2D eigenvalue weighted by molar-refractivity contribution is 0.342. The predicted molar refractivity (Wildman–Crippen MR) is 46.7 cm³/mol. The summed E-state index contributed by atoms with van der Waals surface area (Å²) in [7, 11) is 0. The van der Waals surface area contributed by atoms with Gasteiger partial charge in [-0.3, -0.25) is 0 Å². The third-order valence-electron chi connectivity index (χ3n) is 0.806. The summed E-state index contributed by atoms with van der Waals surface area (Å²) in [5.41, 5.74) is 0. The maximum atomic E-state index is 5.16. The minimum absolute atomic E-state index is 0.761. The van der Waals surface area contributed by atoms with Crippen LogP contribution in [0.5, 0.6) is 5.75 Å². The Kier molecular flexibility index (Phi) is 5.88. The topological polar surface area (TPSA) is 9.23 Å². The van der Waals surface area contributed by atoms with Crippen LogP contribution in [0.2, 0.25) is 0 Å². The van der Waals surface area contributed by atoms with Crippen molar-refractivity contribution in [1.82, 2.24) is 0 Å². The first kappa shape index (κ1) is 9.24. The monoisotopic (exact) mass is 156 g/mol. The number of hydrogen-bond acceptors (Lipinski definition) is 2. The zero-order valence-electron chi connectivity index (χ0n) is 6.17. The van der Waals surface area contributed by atoms with Gasteiger partial charge >= 0.3 is 0 Å². The van der Waals surface area contributed by atoms with E-state index in [0.29, 0.717) is 0 Å². The molecule has 0 spiro atoms. The van der Waals surface area contributed by atoms with Gasteiger partial charge in [-0.1, -0.05) is 0 Å². The highest BCUT2D eigenvalue weighted by molar-refractivity contribution is 7.08. The molecule has 0 bridgehead atoms. The Labute approximate surface area is 66.0 Å². The molecule has 0 saturated carbocycles. The van der Waals surface area contributed by atoms with Gasteiger partial charge in [0.15, 0.2) is 0 Å². The van der Waals surface area contributed by atoms with Crippen molar-refractivity contribution in [3.8, 4) is 5.75 Å². The second kappa shape index (κ2) is 6.36. The molecule has 1 aromatic heterocycles. The molecule has 1 nitrogen and oxygen atoms in total. The molecule has 0 fully saturated rings. The highest BCUT2D eigenvalue weighted by Crippen LogP contribution is 2.13. The second-order valence-electron chi connectivity index (χ2n) is 1.39. The van der Waals surface area contributed by atoms with Gasteiger partial charge in [0.1, 0.15) is 5.75 Å². The van der Waals surface area contributed by atoms with Crippen LogP contribution in [0, 0.1) is 0 Å². The van der Waals surface area contributed by atoms with Crippen LogP contribution in [0.4, 0.5) is 0 Å². The van der Waals surface area contributed by atoms with Crippen LogP contribution in [-0.4, -0.2) is 6.61 Å². The molecular formula is C8H12OS. The van der Waals surface area contributed by atoms with Gasteiger partial charge in [0.2, 0.25) is 0 Å². The quantitative estimate of drug-likeness (QED) is 0.598. The van der Waals surface area contributed by atoms with Crippen molar-refractivity contribution in [2.75, 3.05) is 6.61 Å². The Morgan fingerprint density at radius 1 is 1.60 bits per heavy atom. The summed E-state index contributed by atoms with van der Waals surface area (Å²) in [6, 6.07) is 1.97. The molecule has 0 saturated heterocycles. The van der Waals surface area contributed by atoms with Crippen LogP contribution < -0.4 is 4.74 Å². The molecule has 0 radical (unpaired) electrons. The normalized spacial score (nSPS) is 7.70. The zero-order valence-corrected chi connectivity index (χ0v) is 6.99. The van der Waals surface area contributed by atoms with Gasteiger partial charge in [0, 0.05) is 5.38 Å². The minimum Gasteiger partial charge on any atom is -0.493 e. The van der Waals surface area contributed by atoms with Gasteiger partial charge in [-0.15, -0.1) is 24.5 Å². The fraction of sp³-hybridized carbons (Fsp3) is 0.250. The molecule has 2 heteroatoms. The first-order valence-corrected chi connectivity index (χ1v) is 4.02. The summed E-state index contributed by atoms with van der Waals surface area (Å²) < 4.78 is 5.16. The zero-order chi connectivity index (χ0) is 7.82. The maximum absolute atomic E-state index is 5.16. The van der Waals surface area contributed by atoms with E-state index in [2.05, 4.69) is 13.2 Å². The van der Waals surface area contributed by atoms with Crippen molar-refractivity contribution >= 4 is 11.3 Å². The second-order valence-corrected chi connectivity index (χ2v) is 2.17. The molecule has 0 amide bonds. The Morgan fingerprint density at radius 2 is 2.30 bits per heavy atom. The molecule has 0 unspecified atom stereocenters. The summed E-state index contributed by atoms with van der Waals surface area (Å²) in [5, 5.41) is 3.99. The van der Waals surface area contributed by atoms with E-state index in [4.69, 9.17) is 4.74 Å². The third kappa shape index (κ3) is 3.30. The van der Waals surface area contributed by atoms with Crippen molar-refractivity contribution < 1.29 is 4.74 Å². The summed E-state index contributed by atoms with van der Waals surface area (Å²) in [4.78, 5) is 0. The molecule has 1 heterocycles. The number of rotatable bonds is 2. The van der Waals surface area contributed by atoms with E-state index >= 15 is 0 Å². The van der Waals surface area contributed by atoms with Crippen LogP contribution in [0.1, 0.15) is 6.92 Å². The van der Waals surface area contributed by atoms with Crippen molar-refractivity contribution in [2.24, 2.45) is 0 Å². The fourth-order valence-electron chi connectivity index (χ4n) is 0.501. The smallest absolute Gasteiger partial charge is 0.129 e. The van der Waals surface area contributed by atoms with E-state index in [1.54, 1.807) is 11.3 Å². The lowest BCUT2D eigenvalue weighted by Crippen LogP contribution is -1.87. The van der Waals surface area contributed by atoms with E-state index < -0.39 is 0 Å². The minimum atomic E-state index is 0.761. The Hall–Kier alpha value is -0.760. The van der Waals surface area contributed by atoms with Crippen molar-refractivity contribution in [3.63, 3.8) is 0 Å². The summed E-state index contributed by atoms with van der Waals surface area (Å²) in [5.74, 6) is 0.984. The fourth-order valence-corrected chi connectivity index (χ4v) is 1.07. The van der Waals surface area contributed by atoms with Crippen molar-refractivity contribution in [1.29, 1.82) is 0 Å². The van der Waals surface area contributed by atoms with E-state index in [9.17, 15) is 0 Å². The molecule has 1 rings (SSSR count). The van der Waals surface area contributed by atoms with E-state index in [1.807, 2.05) is 23.8 Å². The Balaban J connectivity index is 0.000000371. The lowest BCUT2D eigenvalue weighted by Gasteiger charge is -1.94. The molecule has 0 aliphatic carbocycles. The average molecular weight is 156 g/mol. The van der Waals surface area contributed by atoms with Crippen LogP contribution in [0.3, 0.4) is 0 Å². The largest absolute Gasteiger partial charge is 0.493 e. The number of ether oxygens (including phenoxy) is 1. The molecule has 1 aromatic rings. The molecule has 0 aliphatic rings. The predicted octanol–water partition coefficient (Wildman–Crippen LogP) is 2.95. The van der Waals surface area contributed by atoms with Gasteiger partial charge in [-0.2, -0.15) is 0 Å². The molecule has 0 aromatic carbocycles. The van der Waals surface area contributed by atoms with Crippen molar-refractivity contribution in [3.05, 3.63) is 30.0 Å². The molecule has 0 aliphatic heterocycles. The molecule has 0 N–H and O–H groups in total. The third-order valence-corrected chi connectivity index (χ3v) is 1.47. The summed E-state index contributed by atoms with van der Waals surface area (Å²) in [6.07, 6.45) is 0. The van der Waals surface area contributed by atoms with Crippen LogP contribution in [0.25, 0.3) is 0 Å². The first-order chi connectivity index (χ1) is 4.93. The molecule has 56 valence electrons. The van der Waals surface area contributed by atoms with Crippen LogP contribution in [-0.2, 0) is 0 Å². The lowest BCUT2D eigenvalue weighted by atomic mass is 10.6. The summed E-state index contributed by atoms with van der Waals surface area (Å²) >= 11 is 1.65. The average Bonchev–Trinajstić information content (AvgIpc) is 2.46. The Bertz CT molecular complexity index is 146. The first-order valence-electron chi connectivity index (χ1n) is 3.08. The molecular weight excluding hydrogens is 144 g/mol. The van der Waals surface area contributed by atoms with Crippen LogP contribution >= 0.6 is 11.3 Å². The highest BCUT2D eigenvalue weighted by atomic mass is 32.1. The Morgan fingerprint density at radius 3 is 2.70 bits per heavy atom. The van der Waals surface area contributed by atoms with Gasteiger partial charge < -0.3 is 4.74 Å². The highest BCUT2D eigenvalue weighted by Gasteiger charge is 1.86. The van der Waals surface area contributed by atoms with E-state index in [-0.39, 0.29) is 0 Å². The van der Waals surface area contributed by atoms with Gasteiger partial charge in [0.25, 0.3) is 0 Å². The van der Waals surface area contributed by atoms with E-state index in [1.165, 1.54) is 0 Å². The summed E-state index contributed by atoms with van der Waals surface area (Å²) in [6.45, 7) is 8.74. The van der Waals surface area contributed by atoms with Gasteiger partial charge in [0.05, 0.1) is 6.61 Å². The number of thiophene rings is 1. The molecule has 10 heavy (non-hydrogen) atoms. The maximum Gasteiger partial charge on any atom is 0.129 e. The standard InChI is InChI=1S/C6H8OS.C2H4/c1-2-7-6-3-4-8-5-6;1-2/h3-5H,2H2,1H3;1-2H2. The van der Waals surface area contributed by atoms with Gasteiger partial charge in [-0.05, 0) is 18.4 Å².